The number of amides is 2. The highest BCUT2D eigenvalue weighted by molar-refractivity contribution is 6.30. The molecule has 0 radical (unpaired) electrons. The highest BCUT2D eigenvalue weighted by Gasteiger charge is 2.36. The molecule has 6 nitrogen and oxygen atoms in total. The molecular weight excluding hydrogens is 457 g/mol. The molecule has 172 valence electrons. The number of ether oxygens (including phenoxy) is 1. The third kappa shape index (κ3) is 4.28. The van der Waals surface area contributed by atoms with Crippen molar-refractivity contribution in [3.63, 3.8) is 0 Å². The summed E-state index contributed by atoms with van der Waals surface area (Å²) >= 11 is 5.99. The number of halogens is 4. The lowest BCUT2D eigenvalue weighted by Crippen LogP contribution is -2.44. The Morgan fingerprint density at radius 1 is 1.15 bits per heavy atom. The number of anilines is 1. The van der Waals surface area contributed by atoms with Crippen molar-refractivity contribution in [3.05, 3.63) is 77.0 Å². The molecule has 0 N–H and O–H groups in total. The second-order valence-electron chi connectivity index (χ2n) is 7.44. The summed E-state index contributed by atoms with van der Waals surface area (Å²) in [6.45, 7) is 6.44. The van der Waals surface area contributed by atoms with Crippen LogP contribution >= 0.6 is 11.6 Å². The number of hydrogen-bond acceptors (Lipinski definition) is 3. The van der Waals surface area contributed by atoms with Crippen LogP contribution in [0.3, 0.4) is 0 Å². The fourth-order valence-electron chi connectivity index (χ4n) is 3.56. The monoisotopic (exact) mass is 476 g/mol. The van der Waals surface area contributed by atoms with Crippen LogP contribution in [0.2, 0.25) is 5.02 Å². The third-order valence-corrected chi connectivity index (χ3v) is 5.56. The molecule has 1 aromatic heterocycles. The highest BCUT2D eigenvalue weighted by atomic mass is 35.5. The summed E-state index contributed by atoms with van der Waals surface area (Å²) < 4.78 is 47.1. The van der Waals surface area contributed by atoms with Crippen LogP contribution < -0.4 is 9.64 Å². The molecule has 0 fully saturated rings. The summed E-state index contributed by atoms with van der Waals surface area (Å²) in [5, 5.41) is 0.568. The maximum absolute atomic E-state index is 13.2. The van der Waals surface area contributed by atoms with Crippen LogP contribution in [0.5, 0.6) is 11.8 Å². The molecule has 0 unspecified atom stereocenters. The molecule has 1 aliphatic heterocycles. The standard InChI is InChI=1S/C23H20ClF3N4O2/c1-4-30-20-19(14(2)29(3)22(30)32)31(13-15-8-10-17(24)11-9-15)21(28-20)33-18-7-5-6-16(12-18)23(25,26)27/h5-12H,2,4,13H2,1,3H3. The first-order valence-electron chi connectivity index (χ1n) is 10.0. The lowest BCUT2D eigenvalue weighted by molar-refractivity contribution is -0.137. The zero-order valence-electron chi connectivity index (χ0n) is 17.9. The minimum atomic E-state index is -4.51. The first-order chi connectivity index (χ1) is 15.6. The van der Waals surface area contributed by atoms with Gasteiger partial charge in [0.15, 0.2) is 5.82 Å². The van der Waals surface area contributed by atoms with Gasteiger partial charge in [0.2, 0.25) is 0 Å². The number of imidazole rings is 1. The number of carbonyl (C=O) groups is 1. The fraction of sp³-hybridized carbons (Fsp3) is 0.217. The van der Waals surface area contributed by atoms with Gasteiger partial charge in [-0.2, -0.15) is 18.2 Å². The summed E-state index contributed by atoms with van der Waals surface area (Å²) in [6, 6.07) is 11.4. The van der Waals surface area contributed by atoms with Crippen molar-refractivity contribution < 1.29 is 22.7 Å². The number of fused-ring (bicyclic) bond motifs is 1. The van der Waals surface area contributed by atoms with E-state index in [0.717, 1.165) is 17.7 Å². The zero-order chi connectivity index (χ0) is 23.9. The SMILES string of the molecule is C=C1c2c(nc(Oc3cccc(C(F)(F)F)c3)n2Cc2ccc(Cl)cc2)N(CC)C(=O)N1C. The van der Waals surface area contributed by atoms with E-state index in [9.17, 15) is 18.0 Å². The Labute approximate surface area is 193 Å². The molecular formula is C23H20ClF3N4O2. The van der Waals surface area contributed by atoms with Gasteiger partial charge in [-0.25, -0.2) is 4.79 Å². The fourth-order valence-corrected chi connectivity index (χ4v) is 3.69. The molecule has 2 amide bonds. The van der Waals surface area contributed by atoms with Gasteiger partial charge in [-0.1, -0.05) is 36.4 Å². The largest absolute Gasteiger partial charge is 0.425 e. The molecule has 0 aliphatic carbocycles. The number of rotatable bonds is 5. The summed E-state index contributed by atoms with van der Waals surface area (Å²) in [5.74, 6) is 0.305. The van der Waals surface area contributed by atoms with E-state index in [1.807, 2.05) is 12.1 Å². The second-order valence-corrected chi connectivity index (χ2v) is 7.88. The van der Waals surface area contributed by atoms with E-state index >= 15 is 0 Å². The normalized spacial score (nSPS) is 14.0. The van der Waals surface area contributed by atoms with Crippen molar-refractivity contribution in [1.82, 2.24) is 14.5 Å². The predicted molar refractivity (Wildman–Crippen MR) is 120 cm³/mol. The topological polar surface area (TPSA) is 50.6 Å². The van der Waals surface area contributed by atoms with Crippen LogP contribution in [0.25, 0.3) is 5.70 Å². The first kappa shape index (κ1) is 22.7. The van der Waals surface area contributed by atoms with Crippen molar-refractivity contribution >= 4 is 29.1 Å². The van der Waals surface area contributed by atoms with Crippen molar-refractivity contribution in [2.45, 2.75) is 19.6 Å². The molecule has 2 heterocycles. The average molecular weight is 477 g/mol. The van der Waals surface area contributed by atoms with E-state index in [2.05, 4.69) is 11.6 Å². The van der Waals surface area contributed by atoms with Gasteiger partial charge in [0.1, 0.15) is 11.4 Å². The minimum absolute atomic E-state index is 0.0298. The van der Waals surface area contributed by atoms with E-state index in [1.165, 1.54) is 21.9 Å². The van der Waals surface area contributed by atoms with Crippen molar-refractivity contribution in [1.29, 1.82) is 0 Å². The number of carbonyl (C=O) groups excluding carboxylic acids is 1. The Morgan fingerprint density at radius 3 is 2.48 bits per heavy atom. The number of nitrogens with zero attached hydrogens (tertiary/aromatic N) is 4. The molecule has 33 heavy (non-hydrogen) atoms. The first-order valence-corrected chi connectivity index (χ1v) is 10.4. The Hall–Kier alpha value is -3.46. The van der Waals surface area contributed by atoms with Crippen LogP contribution in [0.15, 0.2) is 55.1 Å². The summed E-state index contributed by atoms with van der Waals surface area (Å²) in [6.07, 6.45) is -4.51. The lowest BCUT2D eigenvalue weighted by atomic mass is 10.2. The van der Waals surface area contributed by atoms with Crippen LogP contribution in [0.4, 0.5) is 23.8 Å². The van der Waals surface area contributed by atoms with Crippen LogP contribution in [0.1, 0.15) is 23.7 Å². The number of urea groups is 1. The molecule has 0 saturated heterocycles. The van der Waals surface area contributed by atoms with Crippen LogP contribution in [0, 0.1) is 0 Å². The Morgan fingerprint density at radius 2 is 1.85 bits per heavy atom. The maximum atomic E-state index is 13.2. The maximum Gasteiger partial charge on any atom is 0.416 e. The molecule has 3 aromatic rings. The molecule has 0 saturated carbocycles. The molecule has 0 atom stereocenters. The summed E-state index contributed by atoms with van der Waals surface area (Å²) in [5.41, 5.74) is 0.954. The highest BCUT2D eigenvalue weighted by Crippen LogP contribution is 2.39. The summed E-state index contributed by atoms with van der Waals surface area (Å²) in [7, 11) is 1.60. The summed E-state index contributed by atoms with van der Waals surface area (Å²) in [4.78, 5) is 20.1. The average Bonchev–Trinajstić information content (AvgIpc) is 3.11. The van der Waals surface area contributed by atoms with Crippen molar-refractivity contribution in [2.75, 3.05) is 18.5 Å². The smallest absolute Gasteiger partial charge is 0.416 e. The third-order valence-electron chi connectivity index (χ3n) is 5.31. The molecule has 2 aromatic carbocycles. The van der Waals surface area contributed by atoms with E-state index in [4.69, 9.17) is 16.3 Å². The van der Waals surface area contributed by atoms with Gasteiger partial charge in [0.25, 0.3) is 0 Å². The second kappa shape index (κ2) is 8.47. The van der Waals surface area contributed by atoms with Gasteiger partial charge in [0.05, 0.1) is 17.8 Å². The van der Waals surface area contributed by atoms with Gasteiger partial charge < -0.3 is 4.74 Å². The molecule has 1 aliphatic rings. The molecule has 0 bridgehead atoms. The minimum Gasteiger partial charge on any atom is -0.425 e. The van der Waals surface area contributed by atoms with E-state index < -0.39 is 11.7 Å². The van der Waals surface area contributed by atoms with Gasteiger partial charge >= 0.3 is 18.2 Å². The number of benzene rings is 2. The van der Waals surface area contributed by atoms with Gasteiger partial charge in [-0.05, 0) is 42.8 Å². The van der Waals surface area contributed by atoms with E-state index in [1.54, 1.807) is 30.7 Å². The number of hydrogen-bond donors (Lipinski definition) is 0. The Bertz CT molecular complexity index is 1220. The van der Waals surface area contributed by atoms with Crippen LogP contribution in [-0.4, -0.2) is 34.1 Å². The van der Waals surface area contributed by atoms with Gasteiger partial charge in [0, 0.05) is 18.6 Å². The number of alkyl halides is 3. The predicted octanol–water partition coefficient (Wildman–Crippen LogP) is 6.26. The molecule has 0 spiro atoms. The zero-order valence-corrected chi connectivity index (χ0v) is 18.6. The van der Waals surface area contributed by atoms with E-state index in [0.29, 0.717) is 28.8 Å². The number of aromatic nitrogens is 2. The van der Waals surface area contributed by atoms with Crippen molar-refractivity contribution in [2.24, 2.45) is 0 Å². The Kier molecular flexibility index (Phi) is 5.84. The lowest BCUT2D eigenvalue weighted by Gasteiger charge is -2.33. The van der Waals surface area contributed by atoms with E-state index in [-0.39, 0.29) is 24.3 Å². The molecule has 10 heteroatoms. The van der Waals surface area contributed by atoms with Gasteiger partial charge in [-0.15, -0.1) is 0 Å². The van der Waals surface area contributed by atoms with Crippen molar-refractivity contribution in [3.8, 4) is 11.8 Å². The molecule has 4 rings (SSSR count). The quantitative estimate of drug-likeness (QED) is 0.437. The Balaban J connectivity index is 1.83. The van der Waals surface area contributed by atoms with Gasteiger partial charge in [-0.3, -0.25) is 14.4 Å². The van der Waals surface area contributed by atoms with Crippen LogP contribution in [-0.2, 0) is 12.7 Å².